The molecule has 7 heteroatoms. The summed E-state index contributed by atoms with van der Waals surface area (Å²) < 4.78 is 12.8. The number of ether oxygens (including phenoxy) is 2. The summed E-state index contributed by atoms with van der Waals surface area (Å²) in [6, 6.07) is 10.4. The van der Waals surface area contributed by atoms with Crippen molar-refractivity contribution in [2.45, 2.75) is 45.8 Å². The molecule has 30 heavy (non-hydrogen) atoms. The standard InChI is InChI=1S/C23H31N5O2/c1-4-30-15-19-11-17(7-8-21(19)29-3)13-27-9-5-6-18(14-27)20-12-22(24)28-23(25-20)10-16(2)26-28/h7-8,10-12,18H,4-6,9,13-15,24H2,1-3H3/t18-/m0/s1. The second-order valence-electron chi connectivity index (χ2n) is 8.02. The third-order valence-electron chi connectivity index (χ3n) is 5.73. The number of benzene rings is 1. The molecule has 1 aromatic carbocycles. The molecule has 0 spiro atoms. The summed E-state index contributed by atoms with van der Waals surface area (Å²) in [4.78, 5) is 7.36. The number of fused-ring (bicyclic) bond motifs is 1. The zero-order chi connectivity index (χ0) is 21.1. The molecule has 0 bridgehead atoms. The normalized spacial score (nSPS) is 17.5. The average Bonchev–Trinajstić information content (AvgIpc) is 3.13. The molecule has 0 amide bonds. The first-order valence-corrected chi connectivity index (χ1v) is 10.7. The minimum Gasteiger partial charge on any atom is -0.496 e. The maximum atomic E-state index is 6.24. The highest BCUT2D eigenvalue weighted by Gasteiger charge is 2.24. The Hall–Kier alpha value is -2.64. The van der Waals surface area contributed by atoms with Gasteiger partial charge in [-0.1, -0.05) is 6.07 Å². The number of likely N-dealkylation sites (tertiary alicyclic amines) is 1. The van der Waals surface area contributed by atoms with Crippen LogP contribution < -0.4 is 10.5 Å². The molecule has 1 fully saturated rings. The quantitative estimate of drug-likeness (QED) is 0.643. The number of nitrogens with two attached hydrogens (primary N) is 1. The molecule has 2 N–H and O–H groups in total. The number of methoxy groups -OCH3 is 1. The van der Waals surface area contributed by atoms with E-state index < -0.39 is 0 Å². The van der Waals surface area contributed by atoms with E-state index in [4.69, 9.17) is 20.2 Å². The van der Waals surface area contributed by atoms with Gasteiger partial charge in [-0.3, -0.25) is 4.90 Å². The molecule has 1 aliphatic heterocycles. The number of aryl methyl sites for hydroxylation is 1. The zero-order valence-corrected chi connectivity index (χ0v) is 18.1. The van der Waals surface area contributed by atoms with Gasteiger partial charge in [0.25, 0.3) is 0 Å². The van der Waals surface area contributed by atoms with Crippen molar-refractivity contribution in [3.63, 3.8) is 0 Å². The predicted molar refractivity (Wildman–Crippen MR) is 118 cm³/mol. The number of nitrogens with zero attached hydrogens (tertiary/aromatic N) is 4. The molecule has 0 radical (unpaired) electrons. The molecule has 7 nitrogen and oxygen atoms in total. The number of anilines is 1. The van der Waals surface area contributed by atoms with Crippen molar-refractivity contribution in [1.29, 1.82) is 0 Å². The smallest absolute Gasteiger partial charge is 0.157 e. The second kappa shape index (κ2) is 9.02. The van der Waals surface area contributed by atoms with E-state index >= 15 is 0 Å². The summed E-state index contributed by atoms with van der Waals surface area (Å²) in [7, 11) is 1.71. The van der Waals surface area contributed by atoms with Crippen LogP contribution in [-0.4, -0.2) is 46.3 Å². The molecule has 0 aliphatic carbocycles. The summed E-state index contributed by atoms with van der Waals surface area (Å²) in [5.74, 6) is 1.91. The van der Waals surface area contributed by atoms with Crippen molar-refractivity contribution >= 4 is 11.5 Å². The molecule has 160 valence electrons. The number of nitrogen functional groups attached to an aromatic ring is 1. The van der Waals surface area contributed by atoms with Gasteiger partial charge in [-0.15, -0.1) is 0 Å². The number of rotatable bonds is 7. The third-order valence-corrected chi connectivity index (χ3v) is 5.73. The van der Waals surface area contributed by atoms with Gasteiger partial charge in [0.05, 0.1) is 25.1 Å². The fourth-order valence-corrected chi connectivity index (χ4v) is 4.30. The van der Waals surface area contributed by atoms with Crippen molar-refractivity contribution < 1.29 is 9.47 Å². The van der Waals surface area contributed by atoms with E-state index in [-0.39, 0.29) is 0 Å². The van der Waals surface area contributed by atoms with E-state index in [0.29, 0.717) is 24.9 Å². The molecular formula is C23H31N5O2. The number of hydrogen-bond acceptors (Lipinski definition) is 6. The molecule has 1 atom stereocenters. The van der Waals surface area contributed by atoms with Crippen LogP contribution in [0.1, 0.15) is 48.2 Å². The maximum Gasteiger partial charge on any atom is 0.157 e. The summed E-state index contributed by atoms with van der Waals surface area (Å²) in [5, 5.41) is 4.41. The summed E-state index contributed by atoms with van der Waals surface area (Å²) in [5.41, 5.74) is 11.4. The highest BCUT2D eigenvalue weighted by Crippen LogP contribution is 2.29. The molecule has 0 unspecified atom stereocenters. The first kappa shape index (κ1) is 20.6. The highest BCUT2D eigenvalue weighted by atomic mass is 16.5. The minimum atomic E-state index is 0.377. The number of aromatic nitrogens is 3. The van der Waals surface area contributed by atoms with Gasteiger partial charge >= 0.3 is 0 Å². The van der Waals surface area contributed by atoms with E-state index in [1.54, 1.807) is 11.6 Å². The Morgan fingerprint density at radius 2 is 2.10 bits per heavy atom. The first-order chi connectivity index (χ1) is 14.6. The molecule has 2 aromatic heterocycles. The molecule has 1 saturated heterocycles. The Morgan fingerprint density at radius 3 is 2.90 bits per heavy atom. The fraction of sp³-hybridized carbons (Fsp3) is 0.478. The van der Waals surface area contributed by atoms with Crippen LogP contribution in [0, 0.1) is 6.92 Å². The molecule has 3 heterocycles. The van der Waals surface area contributed by atoms with Crippen molar-refractivity contribution in [1.82, 2.24) is 19.5 Å². The average molecular weight is 410 g/mol. The van der Waals surface area contributed by atoms with Crippen molar-refractivity contribution in [3.8, 4) is 5.75 Å². The molecule has 3 aromatic rings. The van der Waals surface area contributed by atoms with Crippen LogP contribution in [-0.2, 0) is 17.9 Å². The highest BCUT2D eigenvalue weighted by molar-refractivity contribution is 5.48. The predicted octanol–water partition coefficient (Wildman–Crippen LogP) is 3.54. The monoisotopic (exact) mass is 409 g/mol. The third kappa shape index (κ3) is 4.42. The van der Waals surface area contributed by atoms with Gasteiger partial charge in [-0.25, -0.2) is 4.98 Å². The van der Waals surface area contributed by atoms with Gasteiger partial charge in [0.15, 0.2) is 5.65 Å². The Bertz CT molecular complexity index is 1020. The van der Waals surface area contributed by atoms with Crippen molar-refractivity contribution in [2.24, 2.45) is 0 Å². The first-order valence-electron chi connectivity index (χ1n) is 10.7. The lowest BCUT2D eigenvalue weighted by Crippen LogP contribution is -2.34. The van der Waals surface area contributed by atoms with Crippen LogP contribution in [0.15, 0.2) is 30.3 Å². The Labute approximate surface area is 177 Å². The van der Waals surface area contributed by atoms with Crippen molar-refractivity contribution in [2.75, 3.05) is 32.5 Å². The van der Waals surface area contributed by atoms with E-state index in [0.717, 1.165) is 60.8 Å². The Kier molecular flexibility index (Phi) is 6.20. The van der Waals surface area contributed by atoms with Gasteiger partial charge < -0.3 is 15.2 Å². The second-order valence-corrected chi connectivity index (χ2v) is 8.02. The van der Waals surface area contributed by atoms with Crippen LogP contribution in [0.4, 0.5) is 5.82 Å². The molecule has 1 aliphatic rings. The largest absolute Gasteiger partial charge is 0.496 e. The molecule has 0 saturated carbocycles. The Balaban J connectivity index is 1.49. The lowest BCUT2D eigenvalue weighted by molar-refractivity contribution is 0.131. The van der Waals surface area contributed by atoms with Gasteiger partial charge in [-0.05, 0) is 50.9 Å². The van der Waals surface area contributed by atoms with Crippen LogP contribution in [0.3, 0.4) is 0 Å². The minimum absolute atomic E-state index is 0.377. The summed E-state index contributed by atoms with van der Waals surface area (Å²) in [6.07, 6.45) is 2.28. The van der Waals surface area contributed by atoms with Crippen LogP contribution in [0.25, 0.3) is 5.65 Å². The molecular weight excluding hydrogens is 378 g/mol. The maximum absolute atomic E-state index is 6.24. The summed E-state index contributed by atoms with van der Waals surface area (Å²) in [6.45, 7) is 8.21. The van der Waals surface area contributed by atoms with Gasteiger partial charge in [0.1, 0.15) is 11.6 Å². The van der Waals surface area contributed by atoms with E-state index in [2.05, 4.69) is 22.1 Å². The van der Waals surface area contributed by atoms with Crippen LogP contribution in [0.2, 0.25) is 0 Å². The van der Waals surface area contributed by atoms with Gasteiger partial charge in [0, 0.05) is 43.3 Å². The zero-order valence-electron chi connectivity index (χ0n) is 18.1. The van der Waals surface area contributed by atoms with Gasteiger partial charge in [0.2, 0.25) is 0 Å². The fourth-order valence-electron chi connectivity index (χ4n) is 4.30. The lowest BCUT2D eigenvalue weighted by Gasteiger charge is -2.32. The van der Waals surface area contributed by atoms with Crippen LogP contribution in [0.5, 0.6) is 5.75 Å². The van der Waals surface area contributed by atoms with Crippen molar-refractivity contribution in [3.05, 3.63) is 52.8 Å². The lowest BCUT2D eigenvalue weighted by atomic mass is 9.94. The van der Waals surface area contributed by atoms with E-state index in [1.807, 2.05) is 32.0 Å². The van der Waals surface area contributed by atoms with E-state index in [9.17, 15) is 0 Å². The SMILES string of the molecule is CCOCc1cc(CN2CCC[C@H](c3cc(N)n4nc(C)cc4n3)C2)ccc1OC. The number of piperidine rings is 1. The van der Waals surface area contributed by atoms with Crippen LogP contribution >= 0.6 is 0 Å². The molecule has 4 rings (SSSR count). The Morgan fingerprint density at radius 1 is 1.23 bits per heavy atom. The van der Waals surface area contributed by atoms with E-state index in [1.165, 1.54) is 5.56 Å². The topological polar surface area (TPSA) is 77.9 Å². The number of hydrogen-bond donors (Lipinski definition) is 1. The summed E-state index contributed by atoms with van der Waals surface area (Å²) >= 11 is 0. The van der Waals surface area contributed by atoms with Gasteiger partial charge in [-0.2, -0.15) is 9.61 Å².